The number of nitrogens with one attached hydrogen (secondary N) is 1. The first-order valence-electron chi connectivity index (χ1n) is 10.8. The maximum Gasteiger partial charge on any atom is 0.286 e. The summed E-state index contributed by atoms with van der Waals surface area (Å²) in [5.41, 5.74) is 2.01. The number of benzene rings is 3. The number of anilines is 2. The van der Waals surface area contributed by atoms with E-state index in [1.165, 1.54) is 25.3 Å². The second kappa shape index (κ2) is 9.64. The van der Waals surface area contributed by atoms with Gasteiger partial charge in [0.2, 0.25) is 0 Å². The number of amides is 1. The number of carbonyl (C=O) groups is 1. The lowest BCUT2D eigenvalue weighted by atomic mass is 10.1. The summed E-state index contributed by atoms with van der Waals surface area (Å²) in [6.07, 6.45) is 1.18. The number of hydrogen-bond donors (Lipinski definition) is 1. The highest BCUT2D eigenvalue weighted by atomic mass is 32.2. The molecule has 4 rings (SSSR count). The molecule has 0 unspecified atom stereocenters. The molecule has 0 atom stereocenters. The molecule has 1 amide bonds. The smallest absolute Gasteiger partial charge is 0.286 e. The summed E-state index contributed by atoms with van der Waals surface area (Å²) >= 11 is 0. The fraction of sp³-hybridized carbons (Fsp3) is 0.200. The third kappa shape index (κ3) is 4.94. The average Bonchev–Trinajstić information content (AvgIpc) is 2.83. The van der Waals surface area contributed by atoms with Crippen molar-refractivity contribution < 1.29 is 22.3 Å². The Morgan fingerprint density at radius 3 is 2.41 bits per heavy atom. The maximum absolute atomic E-state index is 13.4. The van der Waals surface area contributed by atoms with Crippen molar-refractivity contribution in [3.63, 3.8) is 0 Å². The van der Waals surface area contributed by atoms with E-state index in [0.29, 0.717) is 47.9 Å². The van der Waals surface area contributed by atoms with E-state index in [4.69, 9.17) is 4.74 Å². The van der Waals surface area contributed by atoms with Crippen LogP contribution in [0.5, 0.6) is 5.75 Å². The van der Waals surface area contributed by atoms with Gasteiger partial charge in [-0.3, -0.25) is 4.79 Å². The number of fused-ring (bicyclic) bond motifs is 1. The number of rotatable bonds is 7. The Balaban J connectivity index is 1.66. The average molecular weight is 482 g/mol. The van der Waals surface area contributed by atoms with Gasteiger partial charge < -0.3 is 15.0 Å². The van der Waals surface area contributed by atoms with Gasteiger partial charge in [-0.15, -0.1) is 4.40 Å². The predicted molar refractivity (Wildman–Crippen MR) is 130 cm³/mol. The minimum absolute atomic E-state index is 0.00185. The Labute approximate surface area is 198 Å². The Morgan fingerprint density at radius 2 is 1.76 bits per heavy atom. The van der Waals surface area contributed by atoms with Gasteiger partial charge in [0.05, 0.1) is 12.8 Å². The lowest BCUT2D eigenvalue weighted by Gasteiger charge is -2.31. The quantitative estimate of drug-likeness (QED) is 0.513. The highest BCUT2D eigenvalue weighted by Gasteiger charge is 2.31. The van der Waals surface area contributed by atoms with E-state index in [-0.39, 0.29) is 16.6 Å². The summed E-state index contributed by atoms with van der Waals surface area (Å²) in [7, 11) is -2.42. The molecule has 3 aromatic rings. The molecule has 3 aromatic carbocycles. The van der Waals surface area contributed by atoms with Crippen molar-refractivity contribution >= 4 is 33.1 Å². The van der Waals surface area contributed by atoms with Gasteiger partial charge in [0.25, 0.3) is 15.9 Å². The van der Waals surface area contributed by atoms with E-state index in [1.807, 2.05) is 11.8 Å². The van der Waals surface area contributed by atoms with Crippen LogP contribution in [0.2, 0.25) is 0 Å². The third-order valence-electron chi connectivity index (χ3n) is 5.40. The van der Waals surface area contributed by atoms with Crippen LogP contribution in [0.3, 0.4) is 0 Å². The molecular formula is C25H24FN3O4S. The number of nitrogens with zero attached hydrogens (tertiary/aromatic N) is 2. The Morgan fingerprint density at radius 1 is 1.06 bits per heavy atom. The number of ether oxygens (including phenoxy) is 1. The number of halogens is 1. The molecule has 176 valence electrons. The molecule has 0 radical (unpaired) electrons. The summed E-state index contributed by atoms with van der Waals surface area (Å²) in [6.45, 7) is 2.28. The molecule has 0 bridgehead atoms. The molecule has 0 spiro atoms. The zero-order valence-electron chi connectivity index (χ0n) is 18.8. The van der Waals surface area contributed by atoms with Crippen LogP contribution in [0.4, 0.5) is 15.8 Å². The number of sulfonamides is 1. The highest BCUT2D eigenvalue weighted by molar-refractivity contribution is 7.90. The van der Waals surface area contributed by atoms with Gasteiger partial charge in [0.15, 0.2) is 0 Å². The van der Waals surface area contributed by atoms with Crippen LogP contribution in [0.25, 0.3) is 0 Å². The maximum atomic E-state index is 13.4. The van der Waals surface area contributed by atoms with Gasteiger partial charge in [0, 0.05) is 24.2 Å². The molecule has 0 aliphatic carbocycles. The summed E-state index contributed by atoms with van der Waals surface area (Å²) < 4.78 is 48.5. The minimum atomic E-state index is -3.96. The number of methoxy groups -OCH3 is 1. The molecule has 1 heterocycles. The molecule has 0 aromatic heterocycles. The van der Waals surface area contributed by atoms with Gasteiger partial charge in [0.1, 0.15) is 22.3 Å². The second-order valence-corrected chi connectivity index (χ2v) is 9.38. The van der Waals surface area contributed by atoms with E-state index in [1.54, 1.807) is 48.5 Å². The van der Waals surface area contributed by atoms with Crippen LogP contribution in [0.15, 0.2) is 76.0 Å². The Hall–Kier alpha value is -3.72. The van der Waals surface area contributed by atoms with Crippen molar-refractivity contribution in [1.82, 2.24) is 0 Å². The molecule has 0 saturated carbocycles. The van der Waals surface area contributed by atoms with Crippen molar-refractivity contribution in [3.05, 3.63) is 83.7 Å². The van der Waals surface area contributed by atoms with Gasteiger partial charge in [-0.1, -0.05) is 19.1 Å². The predicted octanol–water partition coefficient (Wildman–Crippen LogP) is 4.99. The molecule has 0 saturated heterocycles. The lowest BCUT2D eigenvalue weighted by molar-refractivity contribution is 0.102. The van der Waals surface area contributed by atoms with E-state index < -0.39 is 10.0 Å². The van der Waals surface area contributed by atoms with Crippen molar-refractivity contribution in [2.75, 3.05) is 17.3 Å². The van der Waals surface area contributed by atoms with E-state index in [0.717, 1.165) is 5.56 Å². The summed E-state index contributed by atoms with van der Waals surface area (Å²) in [5.74, 6) is 0.326. The minimum Gasteiger partial charge on any atom is -0.497 e. The molecule has 34 heavy (non-hydrogen) atoms. The van der Waals surface area contributed by atoms with Crippen molar-refractivity contribution in [2.45, 2.75) is 31.2 Å². The van der Waals surface area contributed by atoms with Crippen LogP contribution < -0.4 is 15.0 Å². The normalized spacial score (nSPS) is 14.2. The SMILES string of the molecule is CCCC1=NS(=O)(=O)c2cc(NC(=O)c3ccc(OC)cc3)ccc2N1Cc1ccc(F)cc1. The van der Waals surface area contributed by atoms with Crippen LogP contribution in [0.1, 0.15) is 35.7 Å². The molecule has 1 aliphatic rings. The standard InChI is InChI=1S/C25H24FN3O4S/c1-3-4-24-28-34(31,32)23-15-20(27-25(30)18-7-12-21(33-2)13-8-18)11-14-22(23)29(24)16-17-5-9-19(26)10-6-17/h5-15H,3-4,16H2,1-2H3,(H,27,30). The first-order chi connectivity index (χ1) is 16.3. The molecule has 7 nitrogen and oxygen atoms in total. The fourth-order valence-corrected chi connectivity index (χ4v) is 4.98. The van der Waals surface area contributed by atoms with Gasteiger partial charge >= 0.3 is 0 Å². The third-order valence-corrected chi connectivity index (χ3v) is 6.74. The zero-order valence-corrected chi connectivity index (χ0v) is 19.6. The zero-order chi connectivity index (χ0) is 24.3. The molecule has 1 N–H and O–H groups in total. The van der Waals surface area contributed by atoms with Crippen LogP contribution in [0, 0.1) is 5.82 Å². The van der Waals surface area contributed by atoms with E-state index in [2.05, 4.69) is 9.71 Å². The molecular weight excluding hydrogens is 457 g/mol. The number of amidine groups is 1. The monoisotopic (exact) mass is 481 g/mol. The summed E-state index contributed by atoms with van der Waals surface area (Å²) in [4.78, 5) is 14.5. The topological polar surface area (TPSA) is 88.1 Å². The van der Waals surface area contributed by atoms with Crippen LogP contribution in [-0.4, -0.2) is 27.3 Å². The number of carbonyl (C=O) groups excluding carboxylic acids is 1. The van der Waals surface area contributed by atoms with E-state index in [9.17, 15) is 17.6 Å². The van der Waals surface area contributed by atoms with Gasteiger partial charge in [-0.25, -0.2) is 4.39 Å². The second-order valence-electron chi connectivity index (χ2n) is 7.81. The lowest BCUT2D eigenvalue weighted by Crippen LogP contribution is -2.35. The van der Waals surface area contributed by atoms with Crippen LogP contribution >= 0.6 is 0 Å². The highest BCUT2D eigenvalue weighted by Crippen LogP contribution is 2.36. The van der Waals surface area contributed by atoms with E-state index >= 15 is 0 Å². The van der Waals surface area contributed by atoms with Gasteiger partial charge in [-0.2, -0.15) is 8.42 Å². The molecule has 9 heteroatoms. The van der Waals surface area contributed by atoms with Crippen molar-refractivity contribution in [3.8, 4) is 5.75 Å². The summed E-state index contributed by atoms with van der Waals surface area (Å²) in [6, 6.07) is 17.4. The molecule has 0 fully saturated rings. The largest absolute Gasteiger partial charge is 0.497 e. The fourth-order valence-electron chi connectivity index (χ4n) is 3.70. The summed E-state index contributed by atoms with van der Waals surface area (Å²) in [5, 5.41) is 2.74. The van der Waals surface area contributed by atoms with Crippen molar-refractivity contribution in [2.24, 2.45) is 4.40 Å². The first kappa shape index (κ1) is 23.4. The molecule has 1 aliphatic heterocycles. The number of hydrogen-bond acceptors (Lipinski definition) is 5. The van der Waals surface area contributed by atoms with Gasteiger partial charge in [-0.05, 0) is 66.6 Å². The van der Waals surface area contributed by atoms with Crippen LogP contribution in [-0.2, 0) is 16.6 Å². The first-order valence-corrected chi connectivity index (χ1v) is 12.2. The Kier molecular flexibility index (Phi) is 6.65. The van der Waals surface area contributed by atoms with Crippen molar-refractivity contribution in [1.29, 1.82) is 0 Å². The Bertz CT molecular complexity index is 1340.